The lowest BCUT2D eigenvalue weighted by Crippen LogP contribution is -2.32. The van der Waals surface area contributed by atoms with Crippen LogP contribution in [0.15, 0.2) is 53.1 Å². The summed E-state index contributed by atoms with van der Waals surface area (Å²) in [6, 6.07) is 14.1. The third-order valence-corrected chi connectivity index (χ3v) is 7.17. The minimum absolute atomic E-state index is 0.210. The molecule has 1 N–H and O–H groups in total. The highest BCUT2D eigenvalue weighted by atomic mass is 32.1. The van der Waals surface area contributed by atoms with Crippen LogP contribution in [0.5, 0.6) is 0 Å². The van der Waals surface area contributed by atoms with E-state index >= 15 is 0 Å². The molecule has 1 atom stereocenters. The van der Waals surface area contributed by atoms with E-state index in [2.05, 4.69) is 69.2 Å². The van der Waals surface area contributed by atoms with Gasteiger partial charge in [0.25, 0.3) is 5.91 Å². The van der Waals surface area contributed by atoms with E-state index in [9.17, 15) is 4.79 Å². The van der Waals surface area contributed by atoms with E-state index in [1.807, 2.05) is 11.3 Å². The molecule has 8 heteroatoms. The van der Waals surface area contributed by atoms with E-state index in [1.165, 1.54) is 21.2 Å². The summed E-state index contributed by atoms with van der Waals surface area (Å²) in [6.07, 6.45) is 3.15. The highest BCUT2D eigenvalue weighted by Crippen LogP contribution is 2.27. The second-order valence-corrected chi connectivity index (χ2v) is 10.2. The SMILES string of the molecule is CC(C)CC(NC(=O)c1ccco1)c1nnc2n1CCN(Cc1cc3ccccc3s1)CC2. The summed E-state index contributed by atoms with van der Waals surface area (Å²) >= 11 is 1.87. The first-order valence-electron chi connectivity index (χ1n) is 11.5. The number of fused-ring (bicyclic) bond motifs is 2. The summed E-state index contributed by atoms with van der Waals surface area (Å²) in [5.74, 6) is 2.32. The van der Waals surface area contributed by atoms with Crippen LogP contribution in [0.4, 0.5) is 0 Å². The van der Waals surface area contributed by atoms with Crippen LogP contribution in [0, 0.1) is 5.92 Å². The zero-order valence-corrected chi connectivity index (χ0v) is 19.8. The Bertz CT molecular complexity index is 1190. The van der Waals surface area contributed by atoms with Gasteiger partial charge in [0.1, 0.15) is 5.82 Å². The molecule has 4 heterocycles. The van der Waals surface area contributed by atoms with E-state index < -0.39 is 0 Å². The van der Waals surface area contributed by atoms with Crippen LogP contribution in [0.2, 0.25) is 0 Å². The number of amides is 1. The molecule has 0 spiro atoms. The molecule has 1 aliphatic rings. The number of carbonyl (C=O) groups is 1. The van der Waals surface area contributed by atoms with Crippen molar-refractivity contribution in [1.82, 2.24) is 25.0 Å². The van der Waals surface area contributed by atoms with E-state index in [0.29, 0.717) is 11.7 Å². The maximum absolute atomic E-state index is 12.7. The molecule has 1 aromatic carbocycles. The van der Waals surface area contributed by atoms with E-state index in [-0.39, 0.29) is 11.9 Å². The number of nitrogens with zero attached hydrogens (tertiary/aromatic N) is 4. The average Bonchev–Trinajstić information content (AvgIpc) is 3.52. The van der Waals surface area contributed by atoms with Crippen molar-refractivity contribution in [1.29, 1.82) is 0 Å². The highest BCUT2D eigenvalue weighted by Gasteiger charge is 2.27. The molecule has 0 saturated carbocycles. The average molecular weight is 464 g/mol. The van der Waals surface area contributed by atoms with Crippen LogP contribution < -0.4 is 5.32 Å². The third-order valence-electron chi connectivity index (χ3n) is 6.07. The second-order valence-electron chi connectivity index (χ2n) is 9.04. The number of furan rings is 1. The second kappa shape index (κ2) is 9.49. The van der Waals surface area contributed by atoms with Crippen LogP contribution >= 0.6 is 11.3 Å². The van der Waals surface area contributed by atoms with Gasteiger partial charge >= 0.3 is 0 Å². The zero-order valence-electron chi connectivity index (χ0n) is 19.0. The Hall–Kier alpha value is -2.97. The molecule has 1 unspecified atom stereocenters. The first-order chi connectivity index (χ1) is 16.1. The normalized spacial score (nSPS) is 15.5. The number of nitrogens with one attached hydrogen (secondary N) is 1. The van der Waals surface area contributed by atoms with Crippen molar-refractivity contribution in [2.24, 2.45) is 5.92 Å². The van der Waals surface area contributed by atoms with Crippen LogP contribution in [0.1, 0.15) is 53.4 Å². The minimum atomic E-state index is -0.219. The van der Waals surface area contributed by atoms with Gasteiger partial charge in [0.05, 0.1) is 12.3 Å². The van der Waals surface area contributed by atoms with Crippen molar-refractivity contribution < 1.29 is 9.21 Å². The Morgan fingerprint density at radius 1 is 1.15 bits per heavy atom. The van der Waals surface area contributed by atoms with Crippen molar-refractivity contribution in [2.75, 3.05) is 13.1 Å². The molecule has 0 saturated heterocycles. The van der Waals surface area contributed by atoms with Crippen LogP contribution in [-0.4, -0.2) is 38.7 Å². The van der Waals surface area contributed by atoms with Gasteiger partial charge in [0.2, 0.25) is 0 Å². The summed E-state index contributed by atoms with van der Waals surface area (Å²) in [5.41, 5.74) is 0. The summed E-state index contributed by atoms with van der Waals surface area (Å²) in [4.78, 5) is 16.6. The molecule has 0 bridgehead atoms. The number of aromatic nitrogens is 3. The number of thiophene rings is 1. The molecule has 4 aromatic rings. The number of carbonyl (C=O) groups excluding carboxylic acids is 1. The summed E-state index contributed by atoms with van der Waals surface area (Å²) in [6.45, 7) is 7.93. The van der Waals surface area contributed by atoms with Crippen molar-refractivity contribution in [3.63, 3.8) is 0 Å². The summed E-state index contributed by atoms with van der Waals surface area (Å²) < 4.78 is 8.83. The van der Waals surface area contributed by atoms with Crippen molar-refractivity contribution in [3.05, 3.63) is 71.0 Å². The molecule has 3 aromatic heterocycles. The molecule has 1 amide bonds. The van der Waals surface area contributed by atoms with Crippen LogP contribution in [0.3, 0.4) is 0 Å². The van der Waals surface area contributed by atoms with Crippen molar-refractivity contribution in [3.8, 4) is 0 Å². The quantitative estimate of drug-likeness (QED) is 0.431. The molecule has 1 aliphatic heterocycles. The van der Waals surface area contributed by atoms with Gasteiger partial charge in [-0.15, -0.1) is 21.5 Å². The molecule has 5 rings (SSSR count). The first-order valence-corrected chi connectivity index (χ1v) is 12.3. The number of rotatable bonds is 7. The van der Waals surface area contributed by atoms with Gasteiger partial charge in [-0.2, -0.15) is 0 Å². The fraction of sp³-hybridized carbons (Fsp3) is 0.400. The van der Waals surface area contributed by atoms with Crippen LogP contribution in [0.25, 0.3) is 10.1 Å². The summed E-state index contributed by atoms with van der Waals surface area (Å²) in [7, 11) is 0. The monoisotopic (exact) mass is 463 g/mol. The Balaban J connectivity index is 1.31. The summed E-state index contributed by atoms with van der Waals surface area (Å²) in [5, 5.41) is 13.5. The largest absolute Gasteiger partial charge is 0.459 e. The minimum Gasteiger partial charge on any atom is -0.459 e. The highest BCUT2D eigenvalue weighted by molar-refractivity contribution is 7.19. The smallest absolute Gasteiger partial charge is 0.287 e. The number of benzene rings is 1. The predicted octanol–water partition coefficient (Wildman–Crippen LogP) is 4.66. The third kappa shape index (κ3) is 4.86. The van der Waals surface area contributed by atoms with Gasteiger partial charge in [-0.3, -0.25) is 9.69 Å². The molecule has 33 heavy (non-hydrogen) atoms. The van der Waals surface area contributed by atoms with Gasteiger partial charge in [0.15, 0.2) is 11.6 Å². The fourth-order valence-electron chi connectivity index (χ4n) is 4.48. The molecule has 0 aliphatic carbocycles. The molecular formula is C25H29N5O2S. The fourth-order valence-corrected chi connectivity index (χ4v) is 5.58. The molecule has 0 radical (unpaired) electrons. The van der Waals surface area contributed by atoms with Gasteiger partial charge in [-0.05, 0) is 42.0 Å². The maximum Gasteiger partial charge on any atom is 0.287 e. The van der Waals surface area contributed by atoms with Crippen LogP contribution in [-0.2, 0) is 19.5 Å². The van der Waals surface area contributed by atoms with Gasteiger partial charge in [-0.25, -0.2) is 0 Å². The maximum atomic E-state index is 12.7. The van der Waals surface area contributed by atoms with E-state index in [0.717, 1.165) is 50.7 Å². The van der Waals surface area contributed by atoms with Gasteiger partial charge in [-0.1, -0.05) is 32.0 Å². The van der Waals surface area contributed by atoms with Crippen molar-refractivity contribution >= 4 is 27.3 Å². The zero-order chi connectivity index (χ0) is 22.8. The van der Waals surface area contributed by atoms with Gasteiger partial charge < -0.3 is 14.3 Å². The van der Waals surface area contributed by atoms with E-state index in [1.54, 1.807) is 12.1 Å². The lowest BCUT2D eigenvalue weighted by molar-refractivity contribution is 0.0900. The first kappa shape index (κ1) is 21.9. The Kier molecular flexibility index (Phi) is 6.28. The Morgan fingerprint density at radius 3 is 2.82 bits per heavy atom. The van der Waals surface area contributed by atoms with Crippen molar-refractivity contribution in [2.45, 2.75) is 45.8 Å². The molecule has 7 nitrogen and oxygen atoms in total. The number of hydrogen-bond acceptors (Lipinski definition) is 6. The Morgan fingerprint density at radius 2 is 2.03 bits per heavy atom. The predicted molar refractivity (Wildman–Crippen MR) is 129 cm³/mol. The lowest BCUT2D eigenvalue weighted by Gasteiger charge is -2.21. The number of hydrogen-bond donors (Lipinski definition) is 1. The topological polar surface area (TPSA) is 76.2 Å². The lowest BCUT2D eigenvalue weighted by atomic mass is 10.0. The van der Waals surface area contributed by atoms with E-state index in [4.69, 9.17) is 4.42 Å². The van der Waals surface area contributed by atoms with Gasteiger partial charge in [0, 0.05) is 42.2 Å². The molecule has 0 fully saturated rings. The Labute approximate surface area is 197 Å². The molecular weight excluding hydrogens is 434 g/mol. The standard InChI is InChI=1S/C25H29N5O2S/c1-17(2)14-20(26-25(31)21-7-5-13-32-21)24-28-27-23-9-10-29(11-12-30(23)24)16-19-15-18-6-3-4-8-22(18)33-19/h3-8,13,15,17,20H,9-12,14,16H2,1-2H3,(H,26,31). The molecule has 172 valence electrons.